The molecule has 1 radical (unpaired) electrons. The van der Waals surface area contributed by atoms with E-state index >= 15 is 0 Å². The average molecular weight is 191 g/mol. The molecule has 0 aromatic carbocycles. The lowest BCUT2D eigenvalue weighted by Gasteiger charge is -2.35. The number of halogens is 2. The van der Waals surface area contributed by atoms with Crippen LogP contribution in [0.25, 0.3) is 0 Å². The second kappa shape index (κ2) is 4.02. The van der Waals surface area contributed by atoms with Gasteiger partial charge < -0.3 is 10.3 Å². The second-order valence-corrected chi connectivity index (χ2v) is 3.24. The molecule has 0 amide bonds. The summed E-state index contributed by atoms with van der Waals surface area (Å²) >= 11 is 11.6. The van der Waals surface area contributed by atoms with Crippen LogP contribution in [0.1, 0.15) is 0 Å². The van der Waals surface area contributed by atoms with Crippen molar-refractivity contribution in [3.8, 4) is 0 Å². The first-order valence-corrected chi connectivity index (χ1v) is 4.07. The van der Waals surface area contributed by atoms with Crippen molar-refractivity contribution in [1.82, 2.24) is 20.1 Å². The molecule has 0 bridgehead atoms. The zero-order valence-corrected chi connectivity index (χ0v) is 7.89. The molecule has 1 fully saturated rings. The number of hydrogen-bond acceptors (Lipinski definition) is 4. The Morgan fingerprint density at radius 2 is 2.09 bits per heavy atom. The normalized spacial score (nSPS) is 20.8. The Balaban J connectivity index is 2.44. The fourth-order valence-electron chi connectivity index (χ4n) is 0.771. The quantitative estimate of drug-likeness (QED) is 0.517. The van der Waals surface area contributed by atoms with Crippen LogP contribution in [-0.4, -0.2) is 44.3 Å². The van der Waals surface area contributed by atoms with E-state index in [1.54, 1.807) is 12.4 Å². The Hall–Kier alpha value is 0.615. The van der Waals surface area contributed by atoms with Crippen LogP contribution >= 0.6 is 22.9 Å². The highest BCUT2D eigenvalue weighted by atomic mass is 35.5. The van der Waals surface area contributed by atoms with Crippen LogP contribution in [0.3, 0.4) is 0 Å². The van der Waals surface area contributed by atoms with Crippen molar-refractivity contribution >= 4 is 43.3 Å². The molecule has 1 saturated heterocycles. The SMILES string of the molecule is CN(C)N1[B]NB(Cl)NB1Cl. The van der Waals surface area contributed by atoms with Gasteiger partial charge in [0.05, 0.1) is 0 Å². The second-order valence-electron chi connectivity index (χ2n) is 2.39. The van der Waals surface area contributed by atoms with Crippen molar-refractivity contribution in [2.45, 2.75) is 0 Å². The summed E-state index contributed by atoms with van der Waals surface area (Å²) in [5.74, 6) is 0. The third-order valence-corrected chi connectivity index (χ3v) is 1.91. The predicted octanol–water partition coefficient (Wildman–Crippen LogP) is -1.06. The molecule has 0 aliphatic carbocycles. The molecule has 0 saturated carbocycles. The zero-order valence-electron chi connectivity index (χ0n) is 6.38. The fourth-order valence-corrected chi connectivity index (χ4v) is 1.37. The number of nitrogens with one attached hydrogen (secondary N) is 2. The van der Waals surface area contributed by atoms with Gasteiger partial charge in [-0.2, -0.15) is 11.5 Å². The van der Waals surface area contributed by atoms with E-state index < -0.39 is 0 Å². The van der Waals surface area contributed by atoms with Gasteiger partial charge in [0.25, 0.3) is 0 Å². The van der Waals surface area contributed by atoms with Crippen LogP contribution in [0.15, 0.2) is 0 Å². The van der Waals surface area contributed by atoms with Crippen molar-refractivity contribution < 1.29 is 0 Å². The molecule has 0 spiro atoms. The predicted molar refractivity (Wildman–Crippen MR) is 50.8 cm³/mol. The summed E-state index contributed by atoms with van der Waals surface area (Å²) in [4.78, 5) is 1.78. The topological polar surface area (TPSA) is 30.5 Å². The molecule has 0 atom stereocenters. The molecule has 0 aromatic heterocycles. The third kappa shape index (κ3) is 2.54. The smallest absolute Gasteiger partial charge is 0.360 e. The minimum atomic E-state index is -0.298. The maximum Gasteiger partial charge on any atom is 0.410 e. The zero-order chi connectivity index (χ0) is 8.43. The summed E-state index contributed by atoms with van der Waals surface area (Å²) < 4.78 is 0. The van der Waals surface area contributed by atoms with Crippen LogP contribution in [0.5, 0.6) is 0 Å². The van der Waals surface area contributed by atoms with Crippen molar-refractivity contribution in [2.24, 2.45) is 0 Å². The number of nitrogens with zero attached hydrogens (tertiary/aromatic N) is 2. The summed E-state index contributed by atoms with van der Waals surface area (Å²) in [6, 6.07) is 0. The standard InChI is InChI=1S/C2H8B3Cl2N4/c1-10(2)11-3-8-4(6)9-5(11)7/h8-9H,1-2H3. The van der Waals surface area contributed by atoms with Gasteiger partial charge in [-0.15, -0.1) is 11.5 Å². The first-order valence-electron chi connectivity index (χ1n) is 3.20. The molecule has 0 aromatic rings. The van der Waals surface area contributed by atoms with Gasteiger partial charge in [-0.1, -0.05) is 0 Å². The minimum absolute atomic E-state index is 0.297. The largest absolute Gasteiger partial charge is 0.410 e. The van der Waals surface area contributed by atoms with Gasteiger partial charge in [-0.05, 0) is 14.1 Å². The van der Waals surface area contributed by atoms with Crippen molar-refractivity contribution in [2.75, 3.05) is 14.1 Å². The van der Waals surface area contributed by atoms with E-state index in [2.05, 4.69) is 10.3 Å². The molecule has 9 heteroatoms. The average Bonchev–Trinajstić information content (AvgIpc) is 1.85. The summed E-state index contributed by atoms with van der Waals surface area (Å²) in [7, 11) is 5.51. The van der Waals surface area contributed by atoms with Gasteiger partial charge in [0, 0.05) is 0 Å². The van der Waals surface area contributed by atoms with Crippen LogP contribution in [0.4, 0.5) is 0 Å². The molecule has 59 valence electrons. The van der Waals surface area contributed by atoms with E-state index in [1.807, 2.05) is 19.1 Å². The van der Waals surface area contributed by atoms with Crippen LogP contribution in [-0.2, 0) is 0 Å². The van der Waals surface area contributed by atoms with E-state index in [4.69, 9.17) is 22.9 Å². The Labute approximate surface area is 77.9 Å². The van der Waals surface area contributed by atoms with Crippen molar-refractivity contribution in [3.05, 3.63) is 0 Å². The summed E-state index contributed by atoms with van der Waals surface area (Å²) in [5.41, 5.74) is 0. The minimum Gasteiger partial charge on any atom is -0.360 e. The van der Waals surface area contributed by atoms with Crippen molar-refractivity contribution in [1.29, 1.82) is 0 Å². The molecule has 0 unspecified atom stereocenters. The van der Waals surface area contributed by atoms with E-state index in [1.165, 1.54) is 0 Å². The molecule has 11 heavy (non-hydrogen) atoms. The highest BCUT2D eigenvalue weighted by molar-refractivity contribution is 7.18. The van der Waals surface area contributed by atoms with E-state index in [0.717, 1.165) is 0 Å². The number of hydrazine groups is 1. The first-order chi connectivity index (χ1) is 5.11. The number of hydrogen-bond donors (Lipinski definition) is 2. The molecular formula is C2H8B3Cl2N4. The van der Waals surface area contributed by atoms with Crippen molar-refractivity contribution in [3.63, 3.8) is 0 Å². The van der Waals surface area contributed by atoms with Gasteiger partial charge in [0.15, 0.2) is 0 Å². The number of rotatable bonds is 1. The highest BCUT2D eigenvalue weighted by Gasteiger charge is 2.33. The van der Waals surface area contributed by atoms with Gasteiger partial charge in [0.1, 0.15) is 0 Å². The molecule has 1 aliphatic heterocycles. The van der Waals surface area contributed by atoms with Crippen LogP contribution in [0.2, 0.25) is 0 Å². The highest BCUT2D eigenvalue weighted by Crippen LogP contribution is 2.01. The monoisotopic (exact) mass is 191 g/mol. The van der Waals surface area contributed by atoms with Crippen LogP contribution < -0.4 is 10.3 Å². The third-order valence-electron chi connectivity index (χ3n) is 1.33. The lowest BCUT2D eigenvalue weighted by atomic mass is 9.81. The lowest BCUT2D eigenvalue weighted by molar-refractivity contribution is 0.220. The maximum atomic E-state index is 5.89. The van der Waals surface area contributed by atoms with Crippen LogP contribution in [0, 0.1) is 0 Å². The summed E-state index contributed by atoms with van der Waals surface area (Å²) in [6.45, 7) is 0. The Morgan fingerprint density at radius 1 is 1.45 bits per heavy atom. The van der Waals surface area contributed by atoms with E-state index in [0.29, 0.717) is 0 Å². The van der Waals surface area contributed by atoms with E-state index in [9.17, 15) is 0 Å². The van der Waals surface area contributed by atoms with Gasteiger partial charge >= 0.3 is 20.3 Å². The Kier molecular flexibility index (Phi) is 3.55. The van der Waals surface area contributed by atoms with E-state index in [-0.39, 0.29) is 12.8 Å². The summed E-state index contributed by atoms with van der Waals surface area (Å²) in [5, 5.41) is 7.60. The Bertz CT molecular complexity index is 137. The van der Waals surface area contributed by atoms with Gasteiger partial charge in [0.2, 0.25) is 0 Å². The van der Waals surface area contributed by atoms with Gasteiger partial charge in [-0.3, -0.25) is 9.84 Å². The summed E-state index contributed by atoms with van der Waals surface area (Å²) in [6.07, 6.45) is -0.595. The Morgan fingerprint density at radius 3 is 2.55 bits per heavy atom. The fraction of sp³-hybridized carbons (Fsp3) is 1.00. The maximum absolute atomic E-state index is 5.89. The molecule has 1 rings (SSSR count). The molecule has 4 nitrogen and oxygen atoms in total. The molecule has 1 aliphatic rings. The first kappa shape index (κ1) is 9.70. The lowest BCUT2D eigenvalue weighted by Crippen LogP contribution is -2.69. The van der Waals surface area contributed by atoms with Gasteiger partial charge in [-0.25, -0.2) is 0 Å². The molecule has 1 heterocycles. The molecule has 2 N–H and O–H groups in total. The molecular weight excluding hydrogens is 183 g/mol.